The Morgan fingerprint density at radius 1 is 1.10 bits per heavy atom. The number of hydrogen-bond acceptors (Lipinski definition) is 2. The van der Waals surface area contributed by atoms with Gasteiger partial charge in [0.1, 0.15) is 0 Å². The van der Waals surface area contributed by atoms with Crippen LogP contribution in [0.2, 0.25) is 0 Å². The Balaban J connectivity index is 1.48. The van der Waals surface area contributed by atoms with Crippen LogP contribution < -0.4 is 5.32 Å². The lowest BCUT2D eigenvalue weighted by atomic mass is 9.79. The monoisotopic (exact) mass is 297 g/mol. The highest BCUT2D eigenvalue weighted by Gasteiger charge is 2.24. The minimum Gasteiger partial charge on any atom is -0.313 e. The third-order valence-corrected chi connectivity index (χ3v) is 5.27. The van der Waals surface area contributed by atoms with Gasteiger partial charge in [0.2, 0.25) is 0 Å². The summed E-state index contributed by atoms with van der Waals surface area (Å²) in [6, 6.07) is 17.9. The van der Waals surface area contributed by atoms with Gasteiger partial charge in [-0.25, -0.2) is 0 Å². The van der Waals surface area contributed by atoms with Crippen LogP contribution in [0.4, 0.5) is 0 Å². The first kappa shape index (κ1) is 14.7. The van der Waals surface area contributed by atoms with Crippen LogP contribution in [0.25, 0.3) is 0 Å². The van der Waals surface area contributed by atoms with Gasteiger partial charge in [-0.15, -0.1) is 11.8 Å². The maximum absolute atomic E-state index is 3.44. The summed E-state index contributed by atoms with van der Waals surface area (Å²) in [6.07, 6.45) is 2.44. The predicted molar refractivity (Wildman–Crippen MR) is 92.1 cm³/mol. The van der Waals surface area contributed by atoms with Crippen LogP contribution in [0.15, 0.2) is 53.4 Å². The molecule has 0 radical (unpaired) electrons. The van der Waals surface area contributed by atoms with E-state index >= 15 is 0 Å². The fourth-order valence-electron chi connectivity index (χ4n) is 2.82. The van der Waals surface area contributed by atoms with E-state index in [2.05, 4.69) is 60.8 Å². The molecule has 21 heavy (non-hydrogen) atoms. The average Bonchev–Trinajstić information content (AvgIpc) is 2.50. The van der Waals surface area contributed by atoms with Crippen LogP contribution in [-0.4, -0.2) is 12.3 Å². The molecule has 0 bridgehead atoms. The molecule has 0 amide bonds. The van der Waals surface area contributed by atoms with Gasteiger partial charge in [0.25, 0.3) is 0 Å². The van der Waals surface area contributed by atoms with Crippen molar-refractivity contribution in [2.45, 2.75) is 37.1 Å². The molecule has 0 saturated heterocycles. The fraction of sp³-hybridized carbons (Fsp3) is 0.368. The van der Waals surface area contributed by atoms with Crippen LogP contribution in [0.3, 0.4) is 0 Å². The molecule has 1 atom stereocenters. The SMILES string of the molecule is CCCNCc1ccc(SCC2Cc3ccccc32)cc1. The lowest BCUT2D eigenvalue weighted by Gasteiger charge is -2.29. The van der Waals surface area contributed by atoms with Crippen molar-refractivity contribution in [3.63, 3.8) is 0 Å². The Morgan fingerprint density at radius 3 is 2.67 bits per heavy atom. The first-order valence-electron chi connectivity index (χ1n) is 7.87. The van der Waals surface area contributed by atoms with Gasteiger partial charge in [-0.1, -0.05) is 43.3 Å². The summed E-state index contributed by atoms with van der Waals surface area (Å²) in [6.45, 7) is 4.28. The second-order valence-electron chi connectivity index (χ2n) is 5.73. The molecule has 0 aliphatic heterocycles. The molecule has 1 nitrogen and oxygen atoms in total. The maximum Gasteiger partial charge on any atom is 0.0205 e. The molecule has 110 valence electrons. The number of rotatable bonds is 7. The standard InChI is InChI=1S/C19H23NS/c1-2-11-20-13-15-7-9-18(10-8-15)21-14-17-12-16-5-3-4-6-19(16)17/h3-10,17,20H,2,11-14H2,1H3. The summed E-state index contributed by atoms with van der Waals surface area (Å²) in [4.78, 5) is 1.39. The quantitative estimate of drug-likeness (QED) is 0.591. The van der Waals surface area contributed by atoms with E-state index in [0.29, 0.717) is 0 Å². The van der Waals surface area contributed by atoms with Crippen molar-refractivity contribution in [1.29, 1.82) is 0 Å². The van der Waals surface area contributed by atoms with E-state index in [-0.39, 0.29) is 0 Å². The molecule has 1 aliphatic carbocycles. The molecule has 2 heteroatoms. The zero-order valence-electron chi connectivity index (χ0n) is 12.6. The summed E-state index contributed by atoms with van der Waals surface area (Å²) >= 11 is 1.98. The van der Waals surface area contributed by atoms with Gasteiger partial charge in [-0.3, -0.25) is 0 Å². The zero-order chi connectivity index (χ0) is 14.5. The summed E-state index contributed by atoms with van der Waals surface area (Å²) in [5.41, 5.74) is 4.48. The molecular formula is C19H23NS. The molecule has 0 fully saturated rings. The van der Waals surface area contributed by atoms with E-state index < -0.39 is 0 Å². The van der Waals surface area contributed by atoms with Crippen molar-refractivity contribution in [2.75, 3.05) is 12.3 Å². The number of fused-ring (bicyclic) bond motifs is 1. The van der Waals surface area contributed by atoms with Gasteiger partial charge in [-0.05, 0) is 54.1 Å². The third kappa shape index (κ3) is 3.69. The Morgan fingerprint density at radius 2 is 1.90 bits per heavy atom. The van der Waals surface area contributed by atoms with Crippen molar-refractivity contribution in [1.82, 2.24) is 5.32 Å². The molecule has 3 rings (SSSR count). The summed E-state index contributed by atoms with van der Waals surface area (Å²) in [5, 5.41) is 3.44. The van der Waals surface area contributed by atoms with E-state index in [9.17, 15) is 0 Å². The Kier molecular flexibility index (Phi) is 5.00. The number of benzene rings is 2. The van der Waals surface area contributed by atoms with Crippen molar-refractivity contribution >= 4 is 11.8 Å². The van der Waals surface area contributed by atoms with Gasteiger partial charge in [-0.2, -0.15) is 0 Å². The van der Waals surface area contributed by atoms with Gasteiger partial charge in [0, 0.05) is 17.2 Å². The highest BCUT2D eigenvalue weighted by Crippen LogP contribution is 2.38. The van der Waals surface area contributed by atoms with E-state index in [1.54, 1.807) is 11.1 Å². The Hall–Kier alpha value is -1.25. The number of thioether (sulfide) groups is 1. The topological polar surface area (TPSA) is 12.0 Å². The minimum atomic E-state index is 0.747. The van der Waals surface area contributed by atoms with Crippen LogP contribution >= 0.6 is 11.8 Å². The van der Waals surface area contributed by atoms with Crippen molar-refractivity contribution in [2.24, 2.45) is 0 Å². The van der Waals surface area contributed by atoms with Crippen LogP contribution in [0.1, 0.15) is 36.0 Å². The van der Waals surface area contributed by atoms with E-state index in [0.717, 1.165) is 19.0 Å². The maximum atomic E-state index is 3.44. The fourth-order valence-corrected chi connectivity index (χ4v) is 3.84. The van der Waals surface area contributed by atoms with Gasteiger partial charge in [0.05, 0.1) is 0 Å². The van der Waals surface area contributed by atoms with Crippen molar-refractivity contribution < 1.29 is 0 Å². The molecule has 0 saturated carbocycles. The first-order valence-corrected chi connectivity index (χ1v) is 8.85. The van der Waals surface area contributed by atoms with E-state index in [4.69, 9.17) is 0 Å². The molecule has 1 aliphatic rings. The van der Waals surface area contributed by atoms with Crippen LogP contribution in [-0.2, 0) is 13.0 Å². The summed E-state index contributed by atoms with van der Waals surface area (Å²) in [5.74, 6) is 1.95. The van der Waals surface area contributed by atoms with E-state index in [1.165, 1.54) is 29.1 Å². The van der Waals surface area contributed by atoms with Gasteiger partial charge in [0.15, 0.2) is 0 Å². The van der Waals surface area contributed by atoms with E-state index in [1.807, 2.05) is 11.8 Å². The minimum absolute atomic E-state index is 0.747. The molecule has 0 heterocycles. The van der Waals surface area contributed by atoms with Crippen molar-refractivity contribution in [3.05, 3.63) is 65.2 Å². The van der Waals surface area contributed by atoms with Crippen molar-refractivity contribution in [3.8, 4) is 0 Å². The normalized spacial score (nSPS) is 16.3. The highest BCUT2D eigenvalue weighted by atomic mass is 32.2. The van der Waals surface area contributed by atoms with Gasteiger partial charge < -0.3 is 5.32 Å². The summed E-state index contributed by atoms with van der Waals surface area (Å²) < 4.78 is 0. The second kappa shape index (κ2) is 7.15. The van der Waals surface area contributed by atoms with Crippen LogP contribution in [0, 0.1) is 0 Å². The highest BCUT2D eigenvalue weighted by molar-refractivity contribution is 7.99. The lowest BCUT2D eigenvalue weighted by Crippen LogP contribution is -2.18. The summed E-state index contributed by atoms with van der Waals surface area (Å²) in [7, 11) is 0. The molecule has 1 N–H and O–H groups in total. The Labute approximate surface area is 132 Å². The number of nitrogens with one attached hydrogen (secondary N) is 1. The molecule has 2 aromatic carbocycles. The van der Waals surface area contributed by atoms with Gasteiger partial charge >= 0.3 is 0 Å². The first-order chi connectivity index (χ1) is 10.4. The van der Waals surface area contributed by atoms with Crippen LogP contribution in [0.5, 0.6) is 0 Å². The molecule has 2 aromatic rings. The molecule has 0 spiro atoms. The lowest BCUT2D eigenvalue weighted by molar-refractivity contribution is 0.674. The molecule has 1 unspecified atom stereocenters. The zero-order valence-corrected chi connectivity index (χ0v) is 13.5. The third-order valence-electron chi connectivity index (χ3n) is 4.09. The largest absolute Gasteiger partial charge is 0.313 e. The smallest absolute Gasteiger partial charge is 0.0205 e. The number of hydrogen-bond donors (Lipinski definition) is 1. The average molecular weight is 297 g/mol. The predicted octanol–water partition coefficient (Wildman–Crippen LogP) is 4.62. The molecular weight excluding hydrogens is 274 g/mol. The molecule has 0 aromatic heterocycles. The Bertz CT molecular complexity index is 576. The second-order valence-corrected chi connectivity index (χ2v) is 6.83.